The lowest BCUT2D eigenvalue weighted by atomic mass is 10.3. The van der Waals surface area contributed by atoms with Gasteiger partial charge < -0.3 is 14.8 Å². The summed E-state index contributed by atoms with van der Waals surface area (Å²) < 4.78 is 4.80. The number of nitrogens with one attached hydrogen (secondary N) is 1. The third-order valence-corrected chi connectivity index (χ3v) is 1.62. The van der Waals surface area contributed by atoms with E-state index in [0.29, 0.717) is 12.3 Å². The normalized spacial score (nSPS) is 10.7. The van der Waals surface area contributed by atoms with E-state index in [2.05, 4.69) is 4.98 Å². The number of hydrogen-bond donors (Lipinski definition) is 2. The number of ether oxygens (including phenoxy) is 1. The minimum Gasteiger partial charge on any atom is -0.461 e. The summed E-state index contributed by atoms with van der Waals surface area (Å²) in [6, 6.07) is 1.67. The molecule has 0 radical (unpaired) electrons. The van der Waals surface area contributed by atoms with Crippen molar-refractivity contribution in [3.63, 3.8) is 0 Å². The first kappa shape index (κ1) is 10.5. The fraction of sp³-hybridized carbons (Fsp3) is 0.300. The molecule has 1 aromatic rings. The maximum Gasteiger partial charge on any atom is 0.354 e. The first-order valence-electron chi connectivity index (χ1n) is 4.41. The van der Waals surface area contributed by atoms with Crippen molar-refractivity contribution in [2.75, 3.05) is 13.2 Å². The van der Waals surface area contributed by atoms with Crippen molar-refractivity contribution in [1.29, 1.82) is 0 Å². The minimum absolute atomic E-state index is 0.0140. The van der Waals surface area contributed by atoms with Crippen LogP contribution in [0.15, 0.2) is 18.3 Å². The van der Waals surface area contributed by atoms with E-state index in [-0.39, 0.29) is 12.6 Å². The molecule has 0 atom stereocenters. The zero-order chi connectivity index (χ0) is 10.4. The van der Waals surface area contributed by atoms with Crippen molar-refractivity contribution in [2.45, 2.75) is 6.92 Å². The summed E-state index contributed by atoms with van der Waals surface area (Å²) in [4.78, 5) is 14.0. The second-order valence-corrected chi connectivity index (χ2v) is 2.65. The highest BCUT2D eigenvalue weighted by Gasteiger charge is 2.07. The molecule has 14 heavy (non-hydrogen) atoms. The van der Waals surface area contributed by atoms with E-state index in [1.165, 1.54) is 0 Å². The van der Waals surface area contributed by atoms with Gasteiger partial charge in [0.15, 0.2) is 0 Å². The van der Waals surface area contributed by atoms with Gasteiger partial charge in [0.25, 0.3) is 0 Å². The molecule has 4 nitrogen and oxygen atoms in total. The molecule has 0 bridgehead atoms. The van der Waals surface area contributed by atoms with Crippen LogP contribution in [0.5, 0.6) is 0 Å². The monoisotopic (exact) mass is 195 g/mol. The molecule has 76 valence electrons. The quantitative estimate of drug-likeness (QED) is 0.709. The topological polar surface area (TPSA) is 62.3 Å². The van der Waals surface area contributed by atoms with Crippen LogP contribution >= 0.6 is 0 Å². The summed E-state index contributed by atoms with van der Waals surface area (Å²) in [5.41, 5.74) is 1.26. The molecular weight excluding hydrogens is 182 g/mol. The molecule has 2 N–H and O–H groups in total. The van der Waals surface area contributed by atoms with Crippen molar-refractivity contribution in [3.05, 3.63) is 29.6 Å². The molecule has 1 rings (SSSR count). The van der Waals surface area contributed by atoms with Crippen LogP contribution in [-0.2, 0) is 4.74 Å². The molecule has 0 amide bonds. The van der Waals surface area contributed by atoms with Crippen molar-refractivity contribution >= 4 is 12.0 Å². The maximum absolute atomic E-state index is 11.2. The molecule has 0 aliphatic carbocycles. The third kappa shape index (κ3) is 2.74. The van der Waals surface area contributed by atoms with E-state index in [1.807, 2.05) is 0 Å². The predicted molar refractivity (Wildman–Crippen MR) is 52.9 cm³/mol. The largest absolute Gasteiger partial charge is 0.461 e. The van der Waals surface area contributed by atoms with Crippen molar-refractivity contribution in [2.24, 2.45) is 0 Å². The average Bonchev–Trinajstić information content (AvgIpc) is 2.63. The smallest absolute Gasteiger partial charge is 0.354 e. The molecule has 0 spiro atoms. The maximum atomic E-state index is 11.2. The SMILES string of the molecule is CCOC(=O)c1cc(C=CCO)c[nH]1. The zero-order valence-electron chi connectivity index (χ0n) is 7.99. The van der Waals surface area contributed by atoms with Gasteiger partial charge >= 0.3 is 5.97 Å². The summed E-state index contributed by atoms with van der Waals surface area (Å²) in [6.45, 7) is 2.10. The summed E-state index contributed by atoms with van der Waals surface area (Å²) in [5, 5.41) is 8.54. The van der Waals surface area contributed by atoms with Gasteiger partial charge in [-0.2, -0.15) is 0 Å². The van der Waals surface area contributed by atoms with Crippen LogP contribution in [0.1, 0.15) is 23.0 Å². The van der Waals surface area contributed by atoms with Gasteiger partial charge in [-0.05, 0) is 18.6 Å². The van der Waals surface area contributed by atoms with E-state index in [4.69, 9.17) is 9.84 Å². The molecule has 0 saturated heterocycles. The Morgan fingerprint density at radius 1 is 1.71 bits per heavy atom. The van der Waals surface area contributed by atoms with Crippen LogP contribution in [-0.4, -0.2) is 29.3 Å². The first-order chi connectivity index (χ1) is 6.77. The molecule has 0 saturated carbocycles. The lowest BCUT2D eigenvalue weighted by Gasteiger charge is -1.96. The number of hydrogen-bond acceptors (Lipinski definition) is 3. The Balaban J connectivity index is 2.67. The third-order valence-electron chi connectivity index (χ3n) is 1.62. The van der Waals surface area contributed by atoms with Crippen molar-refractivity contribution in [3.8, 4) is 0 Å². The molecule has 0 fully saturated rings. The van der Waals surface area contributed by atoms with E-state index in [1.54, 1.807) is 31.3 Å². The molecular formula is C10H13NO3. The van der Waals surface area contributed by atoms with Crippen LogP contribution in [0.3, 0.4) is 0 Å². The van der Waals surface area contributed by atoms with Crippen LogP contribution in [0.2, 0.25) is 0 Å². The van der Waals surface area contributed by atoms with E-state index in [0.717, 1.165) is 5.56 Å². The Labute approximate surface area is 82.2 Å². The summed E-state index contributed by atoms with van der Waals surface area (Å²) in [5.74, 6) is -0.365. The molecule has 0 aliphatic rings. The van der Waals surface area contributed by atoms with Crippen LogP contribution in [0.4, 0.5) is 0 Å². The van der Waals surface area contributed by atoms with Gasteiger partial charge in [0.2, 0.25) is 0 Å². The molecule has 1 heterocycles. The van der Waals surface area contributed by atoms with Gasteiger partial charge in [-0.1, -0.05) is 12.2 Å². The van der Waals surface area contributed by atoms with E-state index in [9.17, 15) is 4.79 Å². The van der Waals surface area contributed by atoms with Crippen LogP contribution in [0, 0.1) is 0 Å². The number of aliphatic hydroxyl groups excluding tert-OH is 1. The van der Waals surface area contributed by atoms with Crippen LogP contribution in [0.25, 0.3) is 6.08 Å². The Morgan fingerprint density at radius 3 is 3.14 bits per heavy atom. The molecule has 4 heteroatoms. The van der Waals surface area contributed by atoms with E-state index >= 15 is 0 Å². The van der Waals surface area contributed by atoms with Gasteiger partial charge in [0.05, 0.1) is 13.2 Å². The average molecular weight is 195 g/mol. The predicted octanol–water partition coefficient (Wildman–Crippen LogP) is 1.20. The molecule has 0 aliphatic heterocycles. The Morgan fingerprint density at radius 2 is 2.50 bits per heavy atom. The first-order valence-corrected chi connectivity index (χ1v) is 4.41. The van der Waals surface area contributed by atoms with Gasteiger partial charge in [-0.15, -0.1) is 0 Å². The fourth-order valence-electron chi connectivity index (χ4n) is 1.02. The number of H-pyrrole nitrogens is 1. The minimum atomic E-state index is -0.365. The lowest BCUT2D eigenvalue weighted by Crippen LogP contribution is -2.04. The number of esters is 1. The molecule has 1 aromatic heterocycles. The second kappa shape index (κ2) is 5.24. The number of carbonyl (C=O) groups is 1. The van der Waals surface area contributed by atoms with Crippen molar-refractivity contribution < 1.29 is 14.6 Å². The van der Waals surface area contributed by atoms with Gasteiger partial charge in [-0.3, -0.25) is 0 Å². The number of aliphatic hydroxyl groups is 1. The Bertz CT molecular complexity index is 328. The van der Waals surface area contributed by atoms with Gasteiger partial charge in [0, 0.05) is 6.20 Å². The highest BCUT2D eigenvalue weighted by atomic mass is 16.5. The highest BCUT2D eigenvalue weighted by molar-refractivity contribution is 5.88. The molecule has 0 aromatic carbocycles. The second-order valence-electron chi connectivity index (χ2n) is 2.65. The number of carbonyl (C=O) groups excluding carboxylic acids is 1. The number of rotatable bonds is 4. The summed E-state index contributed by atoms with van der Waals surface area (Å²) in [6.07, 6.45) is 5.00. The van der Waals surface area contributed by atoms with Gasteiger partial charge in [0.1, 0.15) is 5.69 Å². The summed E-state index contributed by atoms with van der Waals surface area (Å²) >= 11 is 0. The lowest BCUT2D eigenvalue weighted by molar-refractivity contribution is 0.0520. The van der Waals surface area contributed by atoms with E-state index < -0.39 is 0 Å². The Kier molecular flexibility index (Phi) is 3.94. The summed E-state index contributed by atoms with van der Waals surface area (Å²) in [7, 11) is 0. The fourth-order valence-corrected chi connectivity index (χ4v) is 1.02. The van der Waals surface area contributed by atoms with Gasteiger partial charge in [-0.25, -0.2) is 4.79 Å². The van der Waals surface area contributed by atoms with Crippen molar-refractivity contribution in [1.82, 2.24) is 4.98 Å². The Hall–Kier alpha value is -1.55. The zero-order valence-corrected chi connectivity index (χ0v) is 7.99. The van der Waals surface area contributed by atoms with Crippen LogP contribution < -0.4 is 0 Å². The molecule has 0 unspecified atom stereocenters. The number of aromatic amines is 1. The number of aromatic nitrogens is 1. The standard InChI is InChI=1S/C10H13NO3/c1-2-14-10(13)9-6-8(7-11-9)4-3-5-12/h3-4,6-7,11-12H,2,5H2,1H3. The highest BCUT2D eigenvalue weighted by Crippen LogP contribution is 2.06.